The second-order valence-electron chi connectivity index (χ2n) is 3.04. The van der Waals surface area contributed by atoms with Crippen LogP contribution < -0.4 is 5.32 Å². The molecule has 4 nitrogen and oxygen atoms in total. The molecule has 0 spiro atoms. The molecule has 0 aliphatic rings. The van der Waals surface area contributed by atoms with E-state index >= 15 is 0 Å². The van der Waals surface area contributed by atoms with E-state index in [1.807, 2.05) is 24.3 Å². The molecule has 1 aromatic rings. The highest BCUT2D eigenvalue weighted by atomic mass is 79.9. The molecule has 1 aromatic carbocycles. The summed E-state index contributed by atoms with van der Waals surface area (Å²) in [5.41, 5.74) is 0.722. The average Bonchev–Trinajstić information content (AvgIpc) is 2.32. The van der Waals surface area contributed by atoms with Crippen LogP contribution in [-0.4, -0.2) is 12.6 Å². The molecule has 17 heavy (non-hydrogen) atoms. The van der Waals surface area contributed by atoms with Crippen molar-refractivity contribution >= 4 is 27.6 Å². The van der Waals surface area contributed by atoms with E-state index in [2.05, 4.69) is 21.2 Å². The van der Waals surface area contributed by atoms with E-state index in [4.69, 9.17) is 10.00 Å². The number of benzene rings is 1. The van der Waals surface area contributed by atoms with Gasteiger partial charge in [0.2, 0.25) is 0 Å². The Labute approximate surface area is 108 Å². The Balaban J connectivity index is 2.71. The summed E-state index contributed by atoms with van der Waals surface area (Å²) >= 11 is 3.31. The van der Waals surface area contributed by atoms with E-state index in [-0.39, 0.29) is 12.2 Å². The molecule has 0 aromatic heterocycles. The van der Waals surface area contributed by atoms with E-state index in [9.17, 15) is 4.79 Å². The lowest BCUT2D eigenvalue weighted by Gasteiger charge is -2.02. The van der Waals surface area contributed by atoms with Crippen molar-refractivity contribution in [1.82, 2.24) is 0 Å². The van der Waals surface area contributed by atoms with Gasteiger partial charge in [-0.15, -0.1) is 0 Å². The zero-order chi connectivity index (χ0) is 12.7. The molecule has 0 heterocycles. The Morgan fingerprint density at radius 1 is 1.53 bits per heavy atom. The second-order valence-corrected chi connectivity index (χ2v) is 3.96. The lowest BCUT2D eigenvalue weighted by molar-refractivity contribution is -0.138. The van der Waals surface area contributed by atoms with Crippen LogP contribution >= 0.6 is 15.9 Å². The molecule has 0 saturated carbocycles. The highest BCUT2D eigenvalue weighted by Gasteiger charge is 2.08. The SMILES string of the molecule is CCOC(=O)C(C#N)=CNc1ccc(Br)cc1. The number of hydrogen-bond donors (Lipinski definition) is 1. The molecule has 0 amide bonds. The third-order valence-corrected chi connectivity index (χ3v) is 2.37. The minimum Gasteiger partial charge on any atom is -0.462 e. The van der Waals surface area contributed by atoms with Crippen molar-refractivity contribution in [2.75, 3.05) is 11.9 Å². The Kier molecular flexibility index (Phi) is 5.24. The normalized spacial score (nSPS) is 10.5. The fraction of sp³-hybridized carbons (Fsp3) is 0.167. The largest absolute Gasteiger partial charge is 0.462 e. The number of nitrogens with one attached hydrogen (secondary N) is 1. The van der Waals surface area contributed by atoms with Gasteiger partial charge in [-0.3, -0.25) is 0 Å². The fourth-order valence-corrected chi connectivity index (χ4v) is 1.31. The van der Waals surface area contributed by atoms with Crippen LogP contribution in [0.15, 0.2) is 40.5 Å². The van der Waals surface area contributed by atoms with Gasteiger partial charge in [0.15, 0.2) is 5.57 Å². The number of nitrogens with zero attached hydrogens (tertiary/aromatic N) is 1. The summed E-state index contributed by atoms with van der Waals surface area (Å²) < 4.78 is 5.68. The van der Waals surface area contributed by atoms with E-state index in [1.165, 1.54) is 6.20 Å². The third kappa shape index (κ3) is 4.29. The van der Waals surface area contributed by atoms with Gasteiger partial charge in [0, 0.05) is 16.4 Å². The fourth-order valence-electron chi connectivity index (χ4n) is 1.05. The average molecular weight is 295 g/mol. The first-order valence-corrected chi connectivity index (χ1v) is 5.76. The van der Waals surface area contributed by atoms with E-state index in [0.29, 0.717) is 0 Å². The van der Waals surface area contributed by atoms with Gasteiger partial charge in [-0.05, 0) is 31.2 Å². The molecule has 0 saturated heterocycles. The first-order valence-electron chi connectivity index (χ1n) is 4.97. The van der Waals surface area contributed by atoms with E-state index in [1.54, 1.807) is 13.0 Å². The van der Waals surface area contributed by atoms with Crippen molar-refractivity contribution in [3.05, 3.63) is 40.5 Å². The maximum Gasteiger partial charge on any atom is 0.350 e. The van der Waals surface area contributed by atoms with Crippen LogP contribution in [0.4, 0.5) is 5.69 Å². The van der Waals surface area contributed by atoms with Gasteiger partial charge < -0.3 is 10.1 Å². The third-order valence-electron chi connectivity index (χ3n) is 1.84. The zero-order valence-electron chi connectivity index (χ0n) is 9.24. The number of ether oxygens (including phenoxy) is 1. The molecule has 88 valence electrons. The summed E-state index contributed by atoms with van der Waals surface area (Å²) in [4.78, 5) is 11.3. The highest BCUT2D eigenvalue weighted by Crippen LogP contribution is 2.14. The standard InChI is InChI=1S/C12H11BrN2O2/c1-2-17-12(16)9(7-14)8-15-11-5-3-10(13)4-6-11/h3-6,8,15H,2H2,1H3. The van der Waals surface area contributed by atoms with Gasteiger partial charge in [-0.25, -0.2) is 4.79 Å². The first-order chi connectivity index (χ1) is 8.17. The monoisotopic (exact) mass is 294 g/mol. The number of hydrogen-bond acceptors (Lipinski definition) is 4. The Morgan fingerprint density at radius 3 is 2.71 bits per heavy atom. The Bertz CT molecular complexity index is 460. The number of carbonyl (C=O) groups is 1. The molecule has 1 N–H and O–H groups in total. The molecule has 0 atom stereocenters. The van der Waals surface area contributed by atoms with Crippen LogP contribution in [0.1, 0.15) is 6.92 Å². The first kappa shape index (κ1) is 13.3. The van der Waals surface area contributed by atoms with Crippen LogP contribution in [0.5, 0.6) is 0 Å². The van der Waals surface area contributed by atoms with Crippen LogP contribution in [0, 0.1) is 11.3 Å². The van der Waals surface area contributed by atoms with Gasteiger partial charge in [0.25, 0.3) is 0 Å². The summed E-state index contributed by atoms with van der Waals surface area (Å²) in [6.07, 6.45) is 1.33. The molecule has 0 aliphatic carbocycles. The quantitative estimate of drug-likeness (QED) is 0.527. The molecule has 0 fully saturated rings. The Hall–Kier alpha value is -1.80. The number of halogens is 1. The van der Waals surface area contributed by atoms with Crippen LogP contribution in [0.25, 0.3) is 0 Å². The number of rotatable bonds is 4. The minimum atomic E-state index is -0.625. The molecule has 0 bridgehead atoms. The maximum absolute atomic E-state index is 11.3. The van der Waals surface area contributed by atoms with Gasteiger partial charge in [0.1, 0.15) is 6.07 Å². The maximum atomic E-state index is 11.3. The zero-order valence-corrected chi connectivity index (χ0v) is 10.8. The Morgan fingerprint density at radius 2 is 2.18 bits per heavy atom. The van der Waals surface area contributed by atoms with Crippen LogP contribution in [0.2, 0.25) is 0 Å². The van der Waals surface area contributed by atoms with E-state index in [0.717, 1.165) is 10.2 Å². The summed E-state index contributed by atoms with van der Waals surface area (Å²) in [6, 6.07) is 9.13. The molecule has 1 rings (SSSR count). The molecule has 0 aliphatic heterocycles. The smallest absolute Gasteiger partial charge is 0.350 e. The minimum absolute atomic E-state index is 0.0604. The summed E-state index contributed by atoms with van der Waals surface area (Å²) in [6.45, 7) is 1.94. The summed E-state index contributed by atoms with van der Waals surface area (Å²) in [7, 11) is 0. The van der Waals surface area contributed by atoms with Crippen molar-refractivity contribution in [2.24, 2.45) is 0 Å². The number of nitriles is 1. The topological polar surface area (TPSA) is 62.1 Å². The molecule has 0 radical (unpaired) electrons. The van der Waals surface area contributed by atoms with Crippen LogP contribution in [0.3, 0.4) is 0 Å². The van der Waals surface area contributed by atoms with Gasteiger partial charge in [0.05, 0.1) is 6.61 Å². The van der Waals surface area contributed by atoms with Gasteiger partial charge in [-0.1, -0.05) is 15.9 Å². The molecule has 5 heteroatoms. The number of anilines is 1. The lowest BCUT2D eigenvalue weighted by atomic mass is 10.3. The van der Waals surface area contributed by atoms with Crippen molar-refractivity contribution in [2.45, 2.75) is 6.92 Å². The highest BCUT2D eigenvalue weighted by molar-refractivity contribution is 9.10. The van der Waals surface area contributed by atoms with Crippen molar-refractivity contribution < 1.29 is 9.53 Å². The van der Waals surface area contributed by atoms with Crippen molar-refractivity contribution in [3.63, 3.8) is 0 Å². The van der Waals surface area contributed by atoms with Crippen molar-refractivity contribution in [3.8, 4) is 6.07 Å². The van der Waals surface area contributed by atoms with E-state index < -0.39 is 5.97 Å². The van der Waals surface area contributed by atoms with Gasteiger partial charge >= 0.3 is 5.97 Å². The summed E-state index contributed by atoms with van der Waals surface area (Å²) in [5.74, 6) is -0.625. The number of carbonyl (C=O) groups excluding carboxylic acids is 1. The predicted molar refractivity (Wildman–Crippen MR) is 68.1 cm³/mol. The molecular formula is C12H11BrN2O2. The lowest BCUT2D eigenvalue weighted by Crippen LogP contribution is -2.07. The number of esters is 1. The molecular weight excluding hydrogens is 284 g/mol. The summed E-state index contributed by atoms with van der Waals surface area (Å²) in [5, 5.41) is 11.6. The van der Waals surface area contributed by atoms with Crippen LogP contribution in [-0.2, 0) is 9.53 Å². The predicted octanol–water partition coefficient (Wildman–Crippen LogP) is 2.83. The second kappa shape index (κ2) is 6.71. The molecule has 0 unspecified atom stereocenters. The van der Waals surface area contributed by atoms with Gasteiger partial charge in [-0.2, -0.15) is 5.26 Å². The van der Waals surface area contributed by atoms with Crippen molar-refractivity contribution in [1.29, 1.82) is 5.26 Å².